The molecule has 2 aromatic carbocycles. The predicted octanol–water partition coefficient (Wildman–Crippen LogP) is 3.15. The van der Waals surface area contributed by atoms with Gasteiger partial charge in [-0.25, -0.2) is 13.1 Å². The summed E-state index contributed by atoms with van der Waals surface area (Å²) in [6.45, 7) is 4.22. The maximum absolute atomic E-state index is 12.6. The monoisotopic (exact) mass is 415 g/mol. The lowest BCUT2D eigenvalue weighted by Gasteiger charge is -2.11. The van der Waals surface area contributed by atoms with Crippen molar-refractivity contribution in [2.75, 3.05) is 17.2 Å². The first-order chi connectivity index (χ1) is 13.7. The van der Waals surface area contributed by atoms with E-state index >= 15 is 0 Å². The summed E-state index contributed by atoms with van der Waals surface area (Å²) in [5, 5.41) is 5.62. The van der Waals surface area contributed by atoms with Gasteiger partial charge in [0.15, 0.2) is 0 Å². The van der Waals surface area contributed by atoms with Crippen molar-refractivity contribution in [2.24, 2.45) is 5.92 Å². The maximum Gasteiger partial charge on any atom is 0.255 e. The predicted molar refractivity (Wildman–Crippen MR) is 112 cm³/mol. The molecule has 0 unspecified atom stereocenters. The zero-order valence-corrected chi connectivity index (χ0v) is 17.3. The van der Waals surface area contributed by atoms with E-state index < -0.39 is 10.0 Å². The highest BCUT2D eigenvalue weighted by Gasteiger charge is 2.17. The van der Waals surface area contributed by atoms with E-state index in [0.717, 1.165) is 24.1 Å². The molecule has 29 heavy (non-hydrogen) atoms. The molecule has 3 N–H and O–H groups in total. The van der Waals surface area contributed by atoms with E-state index in [2.05, 4.69) is 15.4 Å². The maximum atomic E-state index is 12.6. The third kappa shape index (κ3) is 5.42. The molecule has 1 aliphatic heterocycles. The van der Waals surface area contributed by atoms with Crippen LogP contribution in [-0.4, -0.2) is 26.8 Å². The molecule has 1 aliphatic rings. The molecule has 154 valence electrons. The Morgan fingerprint density at radius 1 is 1.10 bits per heavy atom. The van der Waals surface area contributed by atoms with Crippen LogP contribution in [-0.2, 0) is 21.2 Å². The molecule has 7 nitrogen and oxygen atoms in total. The first kappa shape index (κ1) is 21.0. The Kier molecular flexibility index (Phi) is 6.34. The summed E-state index contributed by atoms with van der Waals surface area (Å²) < 4.78 is 27.1. The molecule has 0 saturated carbocycles. The van der Waals surface area contributed by atoms with Crippen LogP contribution in [0, 0.1) is 5.92 Å². The molecule has 0 radical (unpaired) electrons. The van der Waals surface area contributed by atoms with E-state index in [1.54, 1.807) is 30.3 Å². The lowest BCUT2D eigenvalue weighted by Crippen LogP contribution is -2.27. The summed E-state index contributed by atoms with van der Waals surface area (Å²) in [6, 6.07) is 11.2. The zero-order chi connectivity index (χ0) is 21.0. The molecule has 0 saturated heterocycles. The van der Waals surface area contributed by atoms with Crippen LogP contribution in [0.25, 0.3) is 0 Å². The molecule has 0 fully saturated rings. The lowest BCUT2D eigenvalue weighted by atomic mass is 10.0. The van der Waals surface area contributed by atoms with Gasteiger partial charge in [-0.15, -0.1) is 0 Å². The molecule has 2 amide bonds. The second-order valence-corrected chi connectivity index (χ2v) is 9.26. The van der Waals surface area contributed by atoms with Crippen LogP contribution < -0.4 is 15.4 Å². The van der Waals surface area contributed by atoms with Gasteiger partial charge in [0, 0.05) is 29.9 Å². The van der Waals surface area contributed by atoms with Gasteiger partial charge in [-0.3, -0.25) is 9.59 Å². The average Bonchev–Trinajstić information content (AvgIpc) is 2.86. The summed E-state index contributed by atoms with van der Waals surface area (Å²) in [4.78, 5) is 24.4. The van der Waals surface area contributed by atoms with E-state index in [9.17, 15) is 18.0 Å². The van der Waals surface area contributed by atoms with E-state index in [-0.39, 0.29) is 22.6 Å². The molecular weight excluding hydrogens is 390 g/mol. The van der Waals surface area contributed by atoms with Gasteiger partial charge in [-0.1, -0.05) is 13.8 Å². The third-order valence-electron chi connectivity index (χ3n) is 4.60. The van der Waals surface area contributed by atoms with Crippen molar-refractivity contribution in [3.8, 4) is 0 Å². The minimum atomic E-state index is -3.57. The van der Waals surface area contributed by atoms with Crippen molar-refractivity contribution in [1.29, 1.82) is 0 Å². The molecule has 0 aromatic heterocycles. The van der Waals surface area contributed by atoms with Crippen LogP contribution in [0.3, 0.4) is 0 Å². The number of fused-ring (bicyclic) bond motifs is 1. The molecule has 0 aliphatic carbocycles. The van der Waals surface area contributed by atoms with Gasteiger partial charge in [-0.05, 0) is 66.8 Å². The second-order valence-electron chi connectivity index (χ2n) is 7.50. The fraction of sp³-hybridized carbons (Fsp3) is 0.333. The Labute approximate surface area is 171 Å². The van der Waals surface area contributed by atoms with Crippen LogP contribution in [0.4, 0.5) is 11.4 Å². The van der Waals surface area contributed by atoms with Crippen molar-refractivity contribution >= 4 is 33.2 Å². The first-order valence-corrected chi connectivity index (χ1v) is 11.1. The van der Waals surface area contributed by atoms with Crippen LogP contribution in [0.1, 0.15) is 42.6 Å². The summed E-state index contributed by atoms with van der Waals surface area (Å²) >= 11 is 0. The molecule has 2 aromatic rings. The number of aryl methyl sites for hydroxylation is 1. The molecule has 8 heteroatoms. The molecule has 3 rings (SSSR count). The molecule has 1 heterocycles. The first-order valence-electron chi connectivity index (χ1n) is 9.58. The van der Waals surface area contributed by atoms with Gasteiger partial charge in [0.25, 0.3) is 5.91 Å². The fourth-order valence-corrected chi connectivity index (χ4v) is 4.21. The van der Waals surface area contributed by atoms with Crippen molar-refractivity contribution in [3.63, 3.8) is 0 Å². The van der Waals surface area contributed by atoms with E-state index in [4.69, 9.17) is 0 Å². The number of carbonyl (C=O) groups is 2. The summed E-state index contributed by atoms with van der Waals surface area (Å²) in [6.07, 6.45) is 1.94. The van der Waals surface area contributed by atoms with Gasteiger partial charge in [0.2, 0.25) is 15.9 Å². The standard InChI is InChI=1S/C21H25N3O4S/c1-14(2)13-22-29(27,28)18-9-7-17(8-10-18)23-21(26)16-6-11-19-15(12-16)4-3-5-20(25)24-19/h6-12,14,22H,3-5,13H2,1-2H3,(H,23,26)(H,24,25). The zero-order valence-electron chi connectivity index (χ0n) is 16.5. The number of carbonyl (C=O) groups excluding carboxylic acids is 2. The second kappa shape index (κ2) is 8.75. The number of amides is 2. The quantitative estimate of drug-likeness (QED) is 0.674. The summed E-state index contributed by atoms with van der Waals surface area (Å²) in [5.41, 5.74) is 2.66. The Bertz CT molecular complexity index is 1010. The molecule has 0 bridgehead atoms. The van der Waals surface area contributed by atoms with Crippen LogP contribution in [0.2, 0.25) is 0 Å². The highest BCUT2D eigenvalue weighted by Crippen LogP contribution is 2.24. The highest BCUT2D eigenvalue weighted by atomic mass is 32.2. The Hall–Kier alpha value is -2.71. The van der Waals surface area contributed by atoms with Crippen LogP contribution in [0.15, 0.2) is 47.4 Å². The lowest BCUT2D eigenvalue weighted by molar-refractivity contribution is -0.116. The van der Waals surface area contributed by atoms with Gasteiger partial charge >= 0.3 is 0 Å². The number of hydrogen-bond donors (Lipinski definition) is 3. The SMILES string of the molecule is CC(C)CNS(=O)(=O)c1ccc(NC(=O)c2ccc3c(c2)CCCC(=O)N3)cc1. The van der Waals surface area contributed by atoms with Gasteiger partial charge in [0.1, 0.15) is 0 Å². The highest BCUT2D eigenvalue weighted by molar-refractivity contribution is 7.89. The smallest absolute Gasteiger partial charge is 0.255 e. The minimum absolute atomic E-state index is 0.0149. The van der Waals surface area contributed by atoms with Crippen LogP contribution in [0.5, 0.6) is 0 Å². The van der Waals surface area contributed by atoms with E-state index in [1.165, 1.54) is 12.1 Å². The van der Waals surface area contributed by atoms with Crippen LogP contribution >= 0.6 is 0 Å². The van der Waals surface area contributed by atoms with Gasteiger partial charge in [-0.2, -0.15) is 0 Å². The Morgan fingerprint density at radius 3 is 2.52 bits per heavy atom. The number of benzene rings is 2. The molecule has 0 spiro atoms. The number of hydrogen-bond acceptors (Lipinski definition) is 4. The Balaban J connectivity index is 1.70. The van der Waals surface area contributed by atoms with E-state index in [0.29, 0.717) is 24.2 Å². The van der Waals surface area contributed by atoms with Gasteiger partial charge in [0.05, 0.1) is 4.90 Å². The number of anilines is 2. The summed E-state index contributed by atoms with van der Waals surface area (Å²) in [5.74, 6) is -0.103. The number of rotatable bonds is 6. The average molecular weight is 416 g/mol. The number of sulfonamides is 1. The van der Waals surface area contributed by atoms with Crippen molar-refractivity contribution in [2.45, 2.75) is 38.0 Å². The largest absolute Gasteiger partial charge is 0.326 e. The topological polar surface area (TPSA) is 104 Å². The molecule has 0 atom stereocenters. The van der Waals surface area contributed by atoms with Gasteiger partial charge < -0.3 is 10.6 Å². The normalized spacial score (nSPS) is 14.1. The van der Waals surface area contributed by atoms with E-state index in [1.807, 2.05) is 13.8 Å². The Morgan fingerprint density at radius 2 is 1.83 bits per heavy atom. The number of nitrogens with one attached hydrogen (secondary N) is 3. The molecular formula is C21H25N3O4S. The third-order valence-corrected chi connectivity index (χ3v) is 6.04. The van der Waals surface area contributed by atoms with Crippen molar-refractivity contribution < 1.29 is 18.0 Å². The minimum Gasteiger partial charge on any atom is -0.326 e. The van der Waals surface area contributed by atoms with Crippen molar-refractivity contribution in [1.82, 2.24) is 4.72 Å². The van der Waals surface area contributed by atoms with Crippen molar-refractivity contribution in [3.05, 3.63) is 53.6 Å². The summed E-state index contributed by atoms with van der Waals surface area (Å²) in [7, 11) is -3.57. The fourth-order valence-electron chi connectivity index (χ4n) is 3.00.